The highest BCUT2D eigenvalue weighted by Gasteiger charge is 2.35. The number of hydrogen-bond donors (Lipinski definition) is 2. The van der Waals surface area contributed by atoms with Gasteiger partial charge in [0.15, 0.2) is 0 Å². The number of nitrogens with zero attached hydrogens (tertiary/aromatic N) is 4. The first-order chi connectivity index (χ1) is 16.4. The summed E-state index contributed by atoms with van der Waals surface area (Å²) in [5.41, 5.74) is 3.21. The molecule has 2 N–H and O–H groups in total. The molecule has 1 saturated heterocycles. The van der Waals surface area contributed by atoms with E-state index >= 15 is 0 Å². The standard InChI is InChI=1S/C26H34FN5O2/c1-26(2,27)17-32-12-9-21-20-5-3-4-6-22(20)30-23(21)24(32)18-15-28-25(29-16-18)31-10-7-19(8-11-31)34-14-13-33/h3-6,15-16,19,24,30,33H,7-14,17H2,1-2H3. The Kier molecular flexibility index (Phi) is 6.55. The van der Waals surface area contributed by atoms with Crippen LogP contribution in [0, 0.1) is 0 Å². The molecule has 5 rings (SSSR count). The maximum absolute atomic E-state index is 14.7. The molecule has 7 nitrogen and oxygen atoms in total. The van der Waals surface area contributed by atoms with Crippen LogP contribution in [0.25, 0.3) is 10.9 Å². The lowest BCUT2D eigenvalue weighted by Gasteiger charge is -2.38. The van der Waals surface area contributed by atoms with Gasteiger partial charge in [-0.1, -0.05) is 18.2 Å². The molecule has 34 heavy (non-hydrogen) atoms. The first-order valence-corrected chi connectivity index (χ1v) is 12.2. The van der Waals surface area contributed by atoms with Gasteiger partial charge in [0.2, 0.25) is 5.95 Å². The fraction of sp³-hybridized carbons (Fsp3) is 0.538. The molecule has 1 atom stereocenters. The summed E-state index contributed by atoms with van der Waals surface area (Å²) in [6, 6.07) is 8.25. The van der Waals surface area contributed by atoms with Crippen LogP contribution in [0.15, 0.2) is 36.7 Å². The van der Waals surface area contributed by atoms with Gasteiger partial charge < -0.3 is 19.7 Å². The van der Waals surface area contributed by atoms with Gasteiger partial charge in [0, 0.05) is 60.7 Å². The van der Waals surface area contributed by atoms with E-state index in [9.17, 15) is 4.39 Å². The molecule has 0 aliphatic carbocycles. The van der Waals surface area contributed by atoms with Gasteiger partial charge in [-0.05, 0) is 44.7 Å². The van der Waals surface area contributed by atoms with Crippen LogP contribution in [-0.2, 0) is 11.2 Å². The van der Waals surface area contributed by atoms with Gasteiger partial charge in [0.1, 0.15) is 5.67 Å². The molecule has 0 spiro atoms. The largest absolute Gasteiger partial charge is 0.394 e. The minimum absolute atomic E-state index is 0.0562. The smallest absolute Gasteiger partial charge is 0.225 e. The van der Waals surface area contributed by atoms with E-state index in [4.69, 9.17) is 19.8 Å². The van der Waals surface area contributed by atoms with Crippen molar-refractivity contribution in [1.29, 1.82) is 0 Å². The molecule has 182 valence electrons. The number of nitrogens with one attached hydrogen (secondary N) is 1. The third-order valence-corrected chi connectivity index (χ3v) is 6.86. The number of benzene rings is 1. The van der Waals surface area contributed by atoms with Crippen LogP contribution in [0.1, 0.15) is 49.6 Å². The summed E-state index contributed by atoms with van der Waals surface area (Å²) in [5.74, 6) is 0.717. The highest BCUT2D eigenvalue weighted by molar-refractivity contribution is 5.85. The van der Waals surface area contributed by atoms with Crippen molar-refractivity contribution in [1.82, 2.24) is 19.9 Å². The van der Waals surface area contributed by atoms with Gasteiger partial charge >= 0.3 is 0 Å². The van der Waals surface area contributed by atoms with Gasteiger partial charge in [-0.15, -0.1) is 0 Å². The minimum atomic E-state index is -1.30. The van der Waals surface area contributed by atoms with Crippen molar-refractivity contribution in [2.75, 3.05) is 44.3 Å². The predicted molar refractivity (Wildman–Crippen MR) is 131 cm³/mol. The second-order valence-electron chi connectivity index (χ2n) is 10.0. The number of anilines is 1. The molecule has 8 heteroatoms. The molecular weight excluding hydrogens is 433 g/mol. The lowest BCUT2D eigenvalue weighted by atomic mass is 9.92. The molecule has 3 aromatic rings. The Bertz CT molecular complexity index is 1100. The van der Waals surface area contributed by atoms with E-state index in [1.807, 2.05) is 18.5 Å². The average Bonchev–Trinajstić information content (AvgIpc) is 3.21. The number of H-pyrrole nitrogens is 1. The average molecular weight is 468 g/mol. The molecule has 2 aliphatic rings. The van der Waals surface area contributed by atoms with Crippen LogP contribution in [0.3, 0.4) is 0 Å². The molecule has 0 amide bonds. The van der Waals surface area contributed by atoms with Crippen molar-refractivity contribution >= 4 is 16.9 Å². The van der Waals surface area contributed by atoms with E-state index in [0.717, 1.165) is 61.6 Å². The topological polar surface area (TPSA) is 77.5 Å². The summed E-state index contributed by atoms with van der Waals surface area (Å²) in [7, 11) is 0. The normalized spacial score (nSPS) is 20.1. The number of aliphatic hydroxyl groups is 1. The Labute approximate surface area is 200 Å². The third-order valence-electron chi connectivity index (χ3n) is 6.86. The van der Waals surface area contributed by atoms with Gasteiger partial charge in [-0.3, -0.25) is 4.90 Å². The molecule has 0 saturated carbocycles. The van der Waals surface area contributed by atoms with Crippen molar-refractivity contribution in [3.63, 3.8) is 0 Å². The molecular formula is C26H34FN5O2. The second kappa shape index (κ2) is 9.60. The van der Waals surface area contributed by atoms with Crippen LogP contribution in [-0.4, -0.2) is 76.1 Å². The van der Waals surface area contributed by atoms with E-state index < -0.39 is 5.67 Å². The summed E-state index contributed by atoms with van der Waals surface area (Å²) in [6.45, 7) is 6.50. The third kappa shape index (κ3) is 4.80. The molecule has 2 aliphatic heterocycles. The number of ether oxygens (including phenoxy) is 1. The van der Waals surface area contributed by atoms with E-state index in [0.29, 0.717) is 13.2 Å². The SMILES string of the molecule is CC(C)(F)CN1CCc2c([nH]c3ccccc23)C1c1cnc(N2CCC(OCCO)CC2)nc1. The van der Waals surface area contributed by atoms with Crippen LogP contribution < -0.4 is 4.90 Å². The minimum Gasteiger partial charge on any atom is -0.394 e. The van der Waals surface area contributed by atoms with Gasteiger partial charge in [0.25, 0.3) is 0 Å². The number of halogens is 1. The highest BCUT2D eigenvalue weighted by Crippen LogP contribution is 2.39. The number of hydrogen-bond acceptors (Lipinski definition) is 6. The Balaban J connectivity index is 1.40. The second-order valence-corrected chi connectivity index (χ2v) is 10.0. The Morgan fingerprint density at radius 1 is 1.15 bits per heavy atom. The summed E-state index contributed by atoms with van der Waals surface area (Å²) < 4.78 is 20.4. The summed E-state index contributed by atoms with van der Waals surface area (Å²) in [5, 5.41) is 10.2. The number of fused-ring (bicyclic) bond motifs is 3. The molecule has 0 radical (unpaired) electrons. The Morgan fingerprint density at radius 3 is 2.59 bits per heavy atom. The van der Waals surface area contributed by atoms with Crippen molar-refractivity contribution in [2.45, 2.75) is 50.9 Å². The fourth-order valence-corrected chi connectivity index (χ4v) is 5.40. The zero-order valence-electron chi connectivity index (χ0n) is 20.0. The van der Waals surface area contributed by atoms with E-state index in [1.165, 1.54) is 10.9 Å². The molecule has 4 heterocycles. The van der Waals surface area contributed by atoms with E-state index in [2.05, 4.69) is 33.0 Å². The van der Waals surface area contributed by atoms with Crippen LogP contribution in [0.5, 0.6) is 0 Å². The number of aromatic nitrogens is 3. The zero-order valence-corrected chi connectivity index (χ0v) is 20.0. The summed E-state index contributed by atoms with van der Waals surface area (Å²) in [6.07, 6.45) is 6.67. The fourth-order valence-electron chi connectivity index (χ4n) is 5.40. The molecule has 1 aromatic carbocycles. The van der Waals surface area contributed by atoms with Gasteiger partial charge in [-0.2, -0.15) is 0 Å². The van der Waals surface area contributed by atoms with Crippen LogP contribution >= 0.6 is 0 Å². The monoisotopic (exact) mass is 467 g/mol. The lowest BCUT2D eigenvalue weighted by molar-refractivity contribution is 0.0157. The maximum atomic E-state index is 14.7. The number of aromatic amines is 1. The van der Waals surface area contributed by atoms with Gasteiger partial charge in [-0.25, -0.2) is 14.4 Å². The molecule has 0 bridgehead atoms. The van der Waals surface area contributed by atoms with Crippen molar-refractivity contribution in [2.24, 2.45) is 0 Å². The summed E-state index contributed by atoms with van der Waals surface area (Å²) in [4.78, 5) is 17.5. The van der Waals surface area contributed by atoms with Crippen molar-refractivity contribution in [3.05, 3.63) is 53.5 Å². The highest BCUT2D eigenvalue weighted by atomic mass is 19.1. The predicted octanol–water partition coefficient (Wildman–Crippen LogP) is 3.63. The quantitative estimate of drug-likeness (QED) is 0.553. The number of piperidine rings is 1. The van der Waals surface area contributed by atoms with Crippen LogP contribution in [0.4, 0.5) is 10.3 Å². The number of aliphatic hydroxyl groups excluding tert-OH is 1. The number of rotatable bonds is 7. The van der Waals surface area contributed by atoms with E-state index in [-0.39, 0.29) is 18.8 Å². The lowest BCUT2D eigenvalue weighted by Crippen LogP contribution is -2.43. The summed E-state index contributed by atoms with van der Waals surface area (Å²) >= 11 is 0. The molecule has 2 aromatic heterocycles. The maximum Gasteiger partial charge on any atom is 0.225 e. The van der Waals surface area contributed by atoms with Crippen LogP contribution in [0.2, 0.25) is 0 Å². The van der Waals surface area contributed by atoms with Crippen molar-refractivity contribution < 1.29 is 14.2 Å². The number of para-hydroxylation sites is 1. The number of alkyl halides is 1. The first kappa shape index (κ1) is 23.2. The molecule has 1 unspecified atom stereocenters. The first-order valence-electron chi connectivity index (χ1n) is 12.2. The zero-order chi connectivity index (χ0) is 23.7. The molecule has 1 fully saturated rings. The Hall–Kier alpha value is -2.55. The Morgan fingerprint density at radius 2 is 1.88 bits per heavy atom. The van der Waals surface area contributed by atoms with E-state index in [1.54, 1.807) is 13.8 Å². The van der Waals surface area contributed by atoms with Gasteiger partial charge in [0.05, 0.1) is 25.4 Å². The van der Waals surface area contributed by atoms with Crippen molar-refractivity contribution in [3.8, 4) is 0 Å².